The Morgan fingerprint density at radius 1 is 1.17 bits per heavy atom. The maximum atomic E-state index is 12.6. The van der Waals surface area contributed by atoms with Gasteiger partial charge in [0.25, 0.3) is 5.69 Å². The first-order chi connectivity index (χ1) is 13.9. The van der Waals surface area contributed by atoms with E-state index in [1.165, 1.54) is 18.3 Å². The number of nitrogens with two attached hydrogens (primary N) is 1. The summed E-state index contributed by atoms with van der Waals surface area (Å²) in [4.78, 5) is 35.8. The molecule has 0 amide bonds. The quantitative estimate of drug-likeness (QED) is 0.305. The Balaban J connectivity index is 2.20. The van der Waals surface area contributed by atoms with Crippen molar-refractivity contribution in [2.75, 3.05) is 12.8 Å². The molecule has 2 aromatic carbocycles. The highest BCUT2D eigenvalue weighted by molar-refractivity contribution is 6.09. The molecule has 29 heavy (non-hydrogen) atoms. The minimum absolute atomic E-state index is 0.0341. The van der Waals surface area contributed by atoms with Crippen molar-refractivity contribution < 1.29 is 19.2 Å². The third-order valence-corrected chi connectivity index (χ3v) is 4.27. The van der Waals surface area contributed by atoms with Crippen LogP contribution in [0.2, 0.25) is 0 Å². The number of nitriles is 1. The first kappa shape index (κ1) is 19.3. The SMILES string of the molecule is COC(=O)c1c(N)c(C#N)cn1-c1ccc(C(=O)c2ccccc2)cc1[N+](=O)[O-]. The summed E-state index contributed by atoms with van der Waals surface area (Å²) in [5, 5.41) is 20.9. The molecule has 1 heterocycles. The van der Waals surface area contributed by atoms with Gasteiger partial charge in [0.15, 0.2) is 11.5 Å². The van der Waals surface area contributed by atoms with Gasteiger partial charge < -0.3 is 15.0 Å². The van der Waals surface area contributed by atoms with E-state index in [0.29, 0.717) is 5.56 Å². The highest BCUT2D eigenvalue weighted by atomic mass is 16.6. The molecule has 0 radical (unpaired) electrons. The molecule has 0 saturated heterocycles. The Kier molecular flexibility index (Phi) is 5.10. The highest BCUT2D eigenvalue weighted by Crippen LogP contribution is 2.31. The molecule has 1 aromatic heterocycles. The second-order valence-electron chi connectivity index (χ2n) is 5.93. The molecule has 9 heteroatoms. The van der Waals surface area contributed by atoms with Gasteiger partial charge in [-0.3, -0.25) is 14.9 Å². The van der Waals surface area contributed by atoms with Crippen LogP contribution >= 0.6 is 0 Å². The molecule has 2 N–H and O–H groups in total. The van der Waals surface area contributed by atoms with Gasteiger partial charge in [0, 0.05) is 23.4 Å². The van der Waals surface area contributed by atoms with Crippen LogP contribution in [-0.4, -0.2) is 28.4 Å². The topological polar surface area (TPSA) is 141 Å². The normalized spacial score (nSPS) is 10.2. The Hall–Kier alpha value is -4.45. The van der Waals surface area contributed by atoms with Crippen LogP contribution in [0.15, 0.2) is 54.7 Å². The number of nitro benzene ring substituents is 1. The molecular formula is C20H14N4O5. The lowest BCUT2D eigenvalue weighted by atomic mass is 10.0. The van der Waals surface area contributed by atoms with Crippen molar-refractivity contribution in [2.24, 2.45) is 0 Å². The van der Waals surface area contributed by atoms with Crippen LogP contribution in [0.25, 0.3) is 5.69 Å². The standard InChI is InChI=1S/C20H14N4O5/c1-29-20(26)18-17(22)14(10-21)11-23(18)15-8-7-13(9-16(15)24(27)28)19(25)12-5-3-2-4-6-12/h2-9,11H,22H2,1H3. The molecule has 0 bridgehead atoms. The molecule has 0 aliphatic heterocycles. The third kappa shape index (κ3) is 3.42. The fourth-order valence-corrected chi connectivity index (χ4v) is 2.88. The van der Waals surface area contributed by atoms with Crippen molar-refractivity contribution in [1.82, 2.24) is 4.57 Å². The molecule has 9 nitrogen and oxygen atoms in total. The van der Waals surface area contributed by atoms with Gasteiger partial charge in [0.05, 0.1) is 23.3 Å². The summed E-state index contributed by atoms with van der Waals surface area (Å²) in [6, 6.07) is 14.0. The maximum absolute atomic E-state index is 12.6. The lowest BCUT2D eigenvalue weighted by molar-refractivity contribution is -0.384. The van der Waals surface area contributed by atoms with Gasteiger partial charge in [-0.15, -0.1) is 0 Å². The number of carbonyl (C=O) groups is 2. The summed E-state index contributed by atoms with van der Waals surface area (Å²) in [5.41, 5.74) is 5.45. The van der Waals surface area contributed by atoms with Crippen LogP contribution < -0.4 is 5.73 Å². The predicted octanol–water partition coefficient (Wildman–Crippen LogP) is 2.86. The molecule has 0 atom stereocenters. The number of aromatic nitrogens is 1. The zero-order valence-corrected chi connectivity index (χ0v) is 15.2. The molecule has 0 fully saturated rings. The monoisotopic (exact) mass is 390 g/mol. The van der Waals surface area contributed by atoms with Gasteiger partial charge >= 0.3 is 5.97 Å². The van der Waals surface area contributed by atoms with Crippen LogP contribution in [0.5, 0.6) is 0 Å². The van der Waals surface area contributed by atoms with Crippen molar-refractivity contribution >= 4 is 23.1 Å². The van der Waals surface area contributed by atoms with Gasteiger partial charge in [-0.1, -0.05) is 30.3 Å². The second kappa shape index (κ2) is 7.66. The van der Waals surface area contributed by atoms with Gasteiger partial charge in [0.2, 0.25) is 0 Å². The smallest absolute Gasteiger partial charge is 0.357 e. The number of methoxy groups -OCH3 is 1. The van der Waals surface area contributed by atoms with Crippen LogP contribution in [0.3, 0.4) is 0 Å². The molecule has 0 saturated carbocycles. The number of anilines is 1. The number of nitrogen functional groups attached to an aromatic ring is 1. The Morgan fingerprint density at radius 3 is 2.45 bits per heavy atom. The van der Waals surface area contributed by atoms with E-state index in [4.69, 9.17) is 5.73 Å². The van der Waals surface area contributed by atoms with Crippen LogP contribution in [0, 0.1) is 21.4 Å². The molecule has 0 unspecified atom stereocenters. The minimum Gasteiger partial charge on any atom is -0.464 e. The van der Waals surface area contributed by atoms with Gasteiger partial charge in [0.1, 0.15) is 11.8 Å². The van der Waals surface area contributed by atoms with E-state index < -0.39 is 22.4 Å². The number of hydrogen-bond acceptors (Lipinski definition) is 7. The zero-order chi connectivity index (χ0) is 21.1. The van der Waals surface area contributed by atoms with E-state index >= 15 is 0 Å². The average Bonchev–Trinajstić information content (AvgIpc) is 3.08. The van der Waals surface area contributed by atoms with Crippen molar-refractivity contribution in [3.63, 3.8) is 0 Å². The number of ether oxygens (including phenoxy) is 1. The second-order valence-corrected chi connectivity index (χ2v) is 5.93. The van der Waals surface area contributed by atoms with E-state index in [1.54, 1.807) is 30.3 Å². The number of rotatable bonds is 5. The van der Waals surface area contributed by atoms with Crippen molar-refractivity contribution in [3.8, 4) is 11.8 Å². The molecule has 3 aromatic rings. The number of ketones is 1. The molecule has 0 aliphatic rings. The Morgan fingerprint density at radius 2 is 1.86 bits per heavy atom. The maximum Gasteiger partial charge on any atom is 0.357 e. The van der Waals surface area contributed by atoms with E-state index in [0.717, 1.165) is 17.7 Å². The van der Waals surface area contributed by atoms with Crippen LogP contribution in [-0.2, 0) is 4.74 Å². The molecular weight excluding hydrogens is 376 g/mol. The van der Waals surface area contributed by atoms with Crippen molar-refractivity contribution in [2.45, 2.75) is 0 Å². The lowest BCUT2D eigenvalue weighted by Crippen LogP contribution is -2.12. The summed E-state index contributed by atoms with van der Waals surface area (Å²) in [7, 11) is 1.13. The number of nitrogens with zero attached hydrogens (tertiary/aromatic N) is 3. The minimum atomic E-state index is -0.859. The molecule has 144 valence electrons. The highest BCUT2D eigenvalue weighted by Gasteiger charge is 2.27. The average molecular weight is 390 g/mol. The van der Waals surface area contributed by atoms with Crippen LogP contribution in [0.1, 0.15) is 32.0 Å². The number of benzene rings is 2. The van der Waals surface area contributed by atoms with Crippen molar-refractivity contribution in [3.05, 3.63) is 87.2 Å². The number of carbonyl (C=O) groups excluding carboxylic acids is 2. The van der Waals surface area contributed by atoms with E-state index in [-0.39, 0.29) is 28.2 Å². The number of nitro groups is 1. The summed E-state index contributed by atoms with van der Waals surface area (Å²) >= 11 is 0. The Bertz CT molecular complexity index is 1180. The largest absolute Gasteiger partial charge is 0.464 e. The van der Waals surface area contributed by atoms with Crippen LogP contribution in [0.4, 0.5) is 11.4 Å². The van der Waals surface area contributed by atoms with E-state index in [2.05, 4.69) is 4.74 Å². The Labute approximate surface area is 164 Å². The summed E-state index contributed by atoms with van der Waals surface area (Å²) in [5.74, 6) is -1.25. The molecule has 0 spiro atoms. The lowest BCUT2D eigenvalue weighted by Gasteiger charge is -2.10. The molecule has 3 rings (SSSR count). The first-order valence-corrected chi connectivity index (χ1v) is 8.26. The van der Waals surface area contributed by atoms with Gasteiger partial charge in [-0.05, 0) is 12.1 Å². The zero-order valence-electron chi connectivity index (χ0n) is 15.2. The fraction of sp³-hybridized carbons (Fsp3) is 0.0500. The summed E-state index contributed by atoms with van der Waals surface area (Å²) in [6.45, 7) is 0. The predicted molar refractivity (Wildman–Crippen MR) is 103 cm³/mol. The van der Waals surface area contributed by atoms with E-state index in [9.17, 15) is 25.0 Å². The van der Waals surface area contributed by atoms with E-state index in [1.807, 2.05) is 6.07 Å². The van der Waals surface area contributed by atoms with Gasteiger partial charge in [-0.2, -0.15) is 5.26 Å². The number of hydrogen-bond donors (Lipinski definition) is 1. The number of esters is 1. The van der Waals surface area contributed by atoms with Gasteiger partial charge in [-0.25, -0.2) is 4.79 Å². The summed E-state index contributed by atoms with van der Waals surface area (Å²) < 4.78 is 5.80. The first-order valence-electron chi connectivity index (χ1n) is 8.26. The third-order valence-electron chi connectivity index (χ3n) is 4.27. The summed E-state index contributed by atoms with van der Waals surface area (Å²) in [6.07, 6.45) is 1.21. The fourth-order valence-electron chi connectivity index (χ4n) is 2.88. The molecule has 0 aliphatic carbocycles. The van der Waals surface area contributed by atoms with Crippen molar-refractivity contribution in [1.29, 1.82) is 5.26 Å².